The molecule has 0 aliphatic carbocycles. The molecule has 0 aliphatic rings. The molecular weight excluding hydrogens is 356 g/mol. The number of carbonyl (C=O) groups is 1. The van der Waals surface area contributed by atoms with Gasteiger partial charge in [-0.25, -0.2) is 4.98 Å². The first-order chi connectivity index (χ1) is 13.1. The molecule has 2 aromatic heterocycles. The van der Waals surface area contributed by atoms with E-state index in [-0.39, 0.29) is 11.9 Å². The number of thiazole rings is 1. The first-order valence-corrected chi connectivity index (χ1v) is 9.84. The zero-order valence-electron chi connectivity index (χ0n) is 15.6. The third-order valence-corrected chi connectivity index (χ3v) is 5.31. The lowest BCUT2D eigenvalue weighted by molar-refractivity contribution is -0.121. The van der Waals surface area contributed by atoms with Crippen molar-refractivity contribution in [2.24, 2.45) is 0 Å². The van der Waals surface area contributed by atoms with Crippen molar-refractivity contribution in [3.8, 4) is 10.6 Å². The predicted octanol–water partition coefficient (Wildman–Crippen LogP) is 3.56. The SMILES string of the molecule is CN(C)C(CNC(=O)CCc1csc(-c2cccnc2)n1)c1ccccc1. The monoisotopic (exact) mass is 380 g/mol. The molecule has 6 heteroatoms. The molecule has 0 saturated heterocycles. The van der Waals surface area contributed by atoms with Gasteiger partial charge in [0.1, 0.15) is 5.01 Å². The lowest BCUT2D eigenvalue weighted by Gasteiger charge is -2.25. The van der Waals surface area contributed by atoms with Gasteiger partial charge in [-0.3, -0.25) is 9.78 Å². The second-order valence-corrected chi connectivity index (χ2v) is 7.44. The Morgan fingerprint density at radius 3 is 2.70 bits per heavy atom. The highest BCUT2D eigenvalue weighted by molar-refractivity contribution is 7.13. The van der Waals surface area contributed by atoms with Crippen molar-refractivity contribution < 1.29 is 4.79 Å². The molecule has 1 unspecified atom stereocenters. The van der Waals surface area contributed by atoms with E-state index in [1.54, 1.807) is 23.7 Å². The molecular formula is C21H24N4OS. The lowest BCUT2D eigenvalue weighted by Crippen LogP contribution is -2.34. The van der Waals surface area contributed by atoms with E-state index in [2.05, 4.69) is 32.3 Å². The van der Waals surface area contributed by atoms with Crippen LogP contribution in [0.1, 0.15) is 23.7 Å². The summed E-state index contributed by atoms with van der Waals surface area (Å²) in [7, 11) is 4.05. The van der Waals surface area contributed by atoms with Gasteiger partial charge in [-0.1, -0.05) is 30.3 Å². The number of amides is 1. The van der Waals surface area contributed by atoms with Gasteiger partial charge in [0.15, 0.2) is 0 Å². The molecule has 0 fully saturated rings. The van der Waals surface area contributed by atoms with Crippen LogP contribution in [0.3, 0.4) is 0 Å². The topological polar surface area (TPSA) is 58.1 Å². The number of nitrogens with zero attached hydrogens (tertiary/aromatic N) is 3. The zero-order valence-corrected chi connectivity index (χ0v) is 16.4. The van der Waals surface area contributed by atoms with Crippen LogP contribution in [0.2, 0.25) is 0 Å². The number of hydrogen-bond acceptors (Lipinski definition) is 5. The molecule has 27 heavy (non-hydrogen) atoms. The molecule has 0 aliphatic heterocycles. The van der Waals surface area contributed by atoms with Crippen molar-refractivity contribution in [3.63, 3.8) is 0 Å². The Hall–Kier alpha value is -2.57. The predicted molar refractivity (Wildman–Crippen MR) is 110 cm³/mol. The maximum atomic E-state index is 12.3. The Kier molecular flexibility index (Phi) is 6.68. The van der Waals surface area contributed by atoms with Gasteiger partial charge in [0.2, 0.25) is 5.91 Å². The molecule has 140 valence electrons. The highest BCUT2D eigenvalue weighted by Gasteiger charge is 2.15. The van der Waals surface area contributed by atoms with Gasteiger partial charge in [-0.15, -0.1) is 11.3 Å². The Balaban J connectivity index is 1.50. The fourth-order valence-corrected chi connectivity index (χ4v) is 3.70. The van der Waals surface area contributed by atoms with Crippen LogP contribution in [0.5, 0.6) is 0 Å². The molecule has 3 rings (SSSR count). The first-order valence-electron chi connectivity index (χ1n) is 8.96. The molecule has 0 bridgehead atoms. The molecule has 0 saturated carbocycles. The third-order valence-electron chi connectivity index (χ3n) is 4.37. The van der Waals surface area contributed by atoms with Crippen LogP contribution in [-0.4, -0.2) is 41.4 Å². The minimum Gasteiger partial charge on any atom is -0.354 e. The zero-order chi connectivity index (χ0) is 19.1. The minimum absolute atomic E-state index is 0.0497. The Morgan fingerprint density at radius 2 is 2.00 bits per heavy atom. The summed E-state index contributed by atoms with van der Waals surface area (Å²) in [5.74, 6) is 0.0497. The van der Waals surface area contributed by atoms with E-state index in [4.69, 9.17) is 0 Å². The Morgan fingerprint density at radius 1 is 1.19 bits per heavy atom. The Bertz CT molecular complexity index is 849. The van der Waals surface area contributed by atoms with Crippen LogP contribution >= 0.6 is 11.3 Å². The minimum atomic E-state index is 0.0497. The number of benzene rings is 1. The summed E-state index contributed by atoms with van der Waals surface area (Å²) in [5, 5.41) is 6.01. The number of hydrogen-bond donors (Lipinski definition) is 1. The molecule has 2 heterocycles. The van der Waals surface area contributed by atoms with Crippen molar-refractivity contribution in [1.82, 2.24) is 20.2 Å². The van der Waals surface area contributed by atoms with E-state index in [9.17, 15) is 4.79 Å². The fraction of sp³-hybridized carbons (Fsp3) is 0.286. The quantitative estimate of drug-likeness (QED) is 0.649. The molecule has 1 N–H and O–H groups in total. The standard InChI is InChI=1S/C21H24N4OS/c1-25(2)19(16-7-4-3-5-8-16)14-23-20(26)11-10-18-15-27-21(24-18)17-9-6-12-22-13-17/h3-9,12-13,15,19H,10-11,14H2,1-2H3,(H,23,26). The molecule has 5 nitrogen and oxygen atoms in total. The van der Waals surface area contributed by atoms with Crippen LogP contribution in [-0.2, 0) is 11.2 Å². The van der Waals surface area contributed by atoms with Crippen LogP contribution in [0.25, 0.3) is 10.6 Å². The third kappa shape index (κ3) is 5.45. The average Bonchev–Trinajstić information content (AvgIpc) is 3.17. The van der Waals surface area contributed by atoms with Crippen LogP contribution in [0.15, 0.2) is 60.2 Å². The number of aromatic nitrogens is 2. The van der Waals surface area contributed by atoms with Gasteiger partial charge in [0.05, 0.1) is 11.7 Å². The maximum Gasteiger partial charge on any atom is 0.220 e. The average molecular weight is 381 g/mol. The summed E-state index contributed by atoms with van der Waals surface area (Å²) in [6, 6.07) is 14.3. The number of aryl methyl sites for hydroxylation is 1. The largest absolute Gasteiger partial charge is 0.354 e. The number of likely N-dealkylation sites (N-methyl/N-ethyl adjacent to an activating group) is 1. The van der Waals surface area contributed by atoms with E-state index in [0.29, 0.717) is 19.4 Å². The van der Waals surface area contributed by atoms with Crippen LogP contribution in [0, 0.1) is 0 Å². The molecule has 1 atom stereocenters. The number of pyridine rings is 1. The number of nitrogens with one attached hydrogen (secondary N) is 1. The van der Waals surface area contributed by atoms with Gasteiger partial charge in [-0.2, -0.15) is 0 Å². The van der Waals surface area contributed by atoms with E-state index >= 15 is 0 Å². The van der Waals surface area contributed by atoms with Crippen molar-refractivity contribution in [3.05, 3.63) is 71.5 Å². The molecule has 3 aromatic rings. The molecule has 0 spiro atoms. The lowest BCUT2D eigenvalue weighted by atomic mass is 10.1. The van der Waals surface area contributed by atoms with E-state index < -0.39 is 0 Å². The van der Waals surface area contributed by atoms with Crippen molar-refractivity contribution in [2.75, 3.05) is 20.6 Å². The first kappa shape index (κ1) is 19.2. The van der Waals surface area contributed by atoms with Crippen molar-refractivity contribution in [2.45, 2.75) is 18.9 Å². The van der Waals surface area contributed by atoms with Gasteiger partial charge in [0, 0.05) is 36.3 Å². The second-order valence-electron chi connectivity index (χ2n) is 6.58. The van der Waals surface area contributed by atoms with E-state index in [1.807, 2.05) is 49.8 Å². The van der Waals surface area contributed by atoms with Crippen LogP contribution < -0.4 is 5.32 Å². The van der Waals surface area contributed by atoms with E-state index in [0.717, 1.165) is 16.3 Å². The van der Waals surface area contributed by atoms with Gasteiger partial charge in [-0.05, 0) is 38.2 Å². The highest BCUT2D eigenvalue weighted by atomic mass is 32.1. The van der Waals surface area contributed by atoms with Gasteiger partial charge < -0.3 is 10.2 Å². The Labute approximate surface area is 164 Å². The summed E-state index contributed by atoms with van der Waals surface area (Å²) >= 11 is 1.58. The van der Waals surface area contributed by atoms with Gasteiger partial charge >= 0.3 is 0 Å². The summed E-state index contributed by atoms with van der Waals surface area (Å²) in [6.45, 7) is 0.591. The normalized spacial score (nSPS) is 12.1. The molecule has 1 amide bonds. The maximum absolute atomic E-state index is 12.3. The fourth-order valence-electron chi connectivity index (χ4n) is 2.86. The number of rotatable bonds is 8. The second kappa shape index (κ2) is 9.39. The van der Waals surface area contributed by atoms with E-state index in [1.165, 1.54) is 5.56 Å². The van der Waals surface area contributed by atoms with Crippen molar-refractivity contribution in [1.29, 1.82) is 0 Å². The summed E-state index contributed by atoms with van der Waals surface area (Å²) < 4.78 is 0. The molecule has 0 radical (unpaired) electrons. The smallest absolute Gasteiger partial charge is 0.220 e. The van der Waals surface area contributed by atoms with Crippen molar-refractivity contribution >= 4 is 17.2 Å². The molecule has 1 aromatic carbocycles. The summed E-state index contributed by atoms with van der Waals surface area (Å²) in [6.07, 6.45) is 4.63. The number of carbonyl (C=O) groups excluding carboxylic acids is 1. The summed E-state index contributed by atoms with van der Waals surface area (Å²) in [4.78, 5) is 23.1. The van der Waals surface area contributed by atoms with Gasteiger partial charge in [0.25, 0.3) is 0 Å². The highest BCUT2D eigenvalue weighted by Crippen LogP contribution is 2.23. The summed E-state index contributed by atoms with van der Waals surface area (Å²) in [5.41, 5.74) is 3.15. The van der Waals surface area contributed by atoms with Crippen LogP contribution in [0.4, 0.5) is 0 Å².